The first-order valence-corrected chi connectivity index (χ1v) is 8.76. The predicted octanol–water partition coefficient (Wildman–Crippen LogP) is 2.07. The van der Waals surface area contributed by atoms with Crippen molar-refractivity contribution in [3.8, 4) is 5.75 Å². The van der Waals surface area contributed by atoms with Crippen molar-refractivity contribution in [3.05, 3.63) is 30.0 Å². The molecule has 0 aliphatic carbocycles. The highest BCUT2D eigenvalue weighted by molar-refractivity contribution is 5.89. The number of rotatable bonds is 5. The minimum absolute atomic E-state index is 0.00447. The van der Waals surface area contributed by atoms with Crippen molar-refractivity contribution < 1.29 is 14.3 Å². The number of hydrogen-bond donors (Lipinski definition) is 2. The van der Waals surface area contributed by atoms with Crippen molar-refractivity contribution in [1.29, 1.82) is 0 Å². The first-order valence-electron chi connectivity index (χ1n) is 8.76. The zero-order valence-electron chi connectivity index (χ0n) is 15.2. The maximum atomic E-state index is 12.6. The fourth-order valence-corrected chi connectivity index (χ4v) is 3.20. The molecule has 25 heavy (non-hydrogen) atoms. The first-order chi connectivity index (χ1) is 11.8. The molecule has 0 bridgehead atoms. The Bertz CT molecular complexity index is 742. The number of morpholine rings is 1. The van der Waals surface area contributed by atoms with Crippen LogP contribution in [0.4, 0.5) is 0 Å². The van der Waals surface area contributed by atoms with E-state index in [1.807, 2.05) is 38.2 Å². The molecule has 1 aromatic carbocycles. The number of aromatic amines is 1. The Morgan fingerprint density at radius 1 is 1.40 bits per heavy atom. The number of nitrogens with two attached hydrogens (primary N) is 1. The fraction of sp³-hybridized carbons (Fsp3) is 0.526. The number of amides is 1. The van der Waals surface area contributed by atoms with Crippen LogP contribution in [0.5, 0.6) is 5.75 Å². The van der Waals surface area contributed by atoms with Crippen molar-refractivity contribution in [2.24, 2.45) is 5.73 Å². The third-order valence-electron chi connectivity index (χ3n) is 4.38. The summed E-state index contributed by atoms with van der Waals surface area (Å²) in [4.78, 5) is 17.6. The van der Waals surface area contributed by atoms with Crippen LogP contribution in [0.15, 0.2) is 24.4 Å². The molecule has 1 amide bonds. The summed E-state index contributed by atoms with van der Waals surface area (Å²) in [5.74, 6) is 0.683. The summed E-state index contributed by atoms with van der Waals surface area (Å²) in [6.45, 7) is 8.23. The zero-order chi connectivity index (χ0) is 18.0. The van der Waals surface area contributed by atoms with Crippen molar-refractivity contribution in [2.75, 3.05) is 26.3 Å². The summed E-state index contributed by atoms with van der Waals surface area (Å²) in [6.07, 6.45) is 2.20. The summed E-state index contributed by atoms with van der Waals surface area (Å²) in [6, 6.07) is 5.89. The van der Waals surface area contributed by atoms with Gasteiger partial charge in [0.25, 0.3) is 5.91 Å². The van der Waals surface area contributed by atoms with Gasteiger partial charge in [0.1, 0.15) is 5.75 Å². The molecule has 1 aliphatic heterocycles. The van der Waals surface area contributed by atoms with Gasteiger partial charge in [0, 0.05) is 30.2 Å². The predicted molar refractivity (Wildman–Crippen MR) is 97.8 cm³/mol. The monoisotopic (exact) mass is 345 g/mol. The number of carbonyl (C=O) groups is 1. The molecular formula is C19H27N3O3. The van der Waals surface area contributed by atoms with E-state index in [4.69, 9.17) is 15.2 Å². The van der Waals surface area contributed by atoms with Crippen molar-refractivity contribution in [3.63, 3.8) is 0 Å². The lowest BCUT2D eigenvalue weighted by Crippen LogP contribution is -2.46. The van der Waals surface area contributed by atoms with Crippen LogP contribution in [0.2, 0.25) is 0 Å². The minimum atomic E-state index is -0.540. The van der Waals surface area contributed by atoms with Gasteiger partial charge in [-0.3, -0.25) is 4.79 Å². The molecule has 136 valence electrons. The number of nitrogens with one attached hydrogen (secondary N) is 1. The highest BCUT2D eigenvalue weighted by Gasteiger charge is 2.24. The summed E-state index contributed by atoms with van der Waals surface area (Å²) in [7, 11) is 0. The maximum absolute atomic E-state index is 12.6. The molecule has 0 saturated carbocycles. The van der Waals surface area contributed by atoms with Gasteiger partial charge in [-0.05, 0) is 38.8 Å². The molecule has 6 nitrogen and oxygen atoms in total. The third-order valence-corrected chi connectivity index (χ3v) is 4.38. The summed E-state index contributed by atoms with van der Waals surface area (Å²) >= 11 is 0. The van der Waals surface area contributed by atoms with Gasteiger partial charge in [-0.15, -0.1) is 0 Å². The second kappa shape index (κ2) is 7.06. The van der Waals surface area contributed by atoms with Crippen LogP contribution < -0.4 is 10.5 Å². The molecule has 0 radical (unpaired) electrons. The Labute approximate surface area is 148 Å². The summed E-state index contributed by atoms with van der Waals surface area (Å²) < 4.78 is 11.3. The number of ether oxygens (including phenoxy) is 2. The topological polar surface area (TPSA) is 80.6 Å². The molecule has 1 fully saturated rings. The lowest BCUT2D eigenvalue weighted by atomic mass is 9.96. The van der Waals surface area contributed by atoms with Crippen LogP contribution in [0, 0.1) is 0 Å². The first kappa shape index (κ1) is 17.8. The van der Waals surface area contributed by atoms with Gasteiger partial charge in [-0.2, -0.15) is 0 Å². The number of fused-ring (bicyclic) bond motifs is 1. The summed E-state index contributed by atoms with van der Waals surface area (Å²) in [5, 5.41) is 1.09. The second-order valence-electron chi connectivity index (χ2n) is 7.36. The molecule has 3 rings (SSSR count). The average molecular weight is 345 g/mol. The Kier molecular flexibility index (Phi) is 5.01. The number of nitrogens with zero attached hydrogens (tertiary/aromatic N) is 1. The second-order valence-corrected chi connectivity index (χ2v) is 7.36. The Morgan fingerprint density at radius 2 is 2.12 bits per heavy atom. The van der Waals surface area contributed by atoms with Crippen LogP contribution in [-0.2, 0) is 16.0 Å². The number of carbonyl (C=O) groups excluding carboxylic acids is 1. The molecule has 2 aromatic rings. The van der Waals surface area contributed by atoms with Crippen LogP contribution in [0.25, 0.3) is 10.9 Å². The van der Waals surface area contributed by atoms with Crippen molar-refractivity contribution >= 4 is 16.8 Å². The number of hydrogen-bond acceptors (Lipinski definition) is 4. The van der Waals surface area contributed by atoms with E-state index in [9.17, 15) is 4.79 Å². The smallest absolute Gasteiger partial charge is 0.263 e. The Balaban J connectivity index is 1.78. The van der Waals surface area contributed by atoms with E-state index in [-0.39, 0.29) is 11.4 Å². The lowest BCUT2D eigenvalue weighted by Gasteiger charge is -2.29. The Hall–Kier alpha value is -2.05. The summed E-state index contributed by atoms with van der Waals surface area (Å²) in [5.41, 5.74) is 7.93. The van der Waals surface area contributed by atoms with Crippen LogP contribution in [-0.4, -0.2) is 53.7 Å². The average Bonchev–Trinajstić information content (AvgIpc) is 2.97. The van der Waals surface area contributed by atoms with Gasteiger partial charge in [0.15, 0.2) is 6.10 Å². The lowest BCUT2D eigenvalue weighted by molar-refractivity contribution is -0.142. The normalized spacial score (nSPS) is 16.9. The van der Waals surface area contributed by atoms with Gasteiger partial charge in [-0.25, -0.2) is 0 Å². The van der Waals surface area contributed by atoms with Gasteiger partial charge < -0.3 is 25.1 Å². The number of aromatic nitrogens is 1. The SMILES string of the molecule is CC(Oc1cccc2c(CC(C)(C)N)c[nH]c12)C(=O)N1CCOCC1. The van der Waals surface area contributed by atoms with Crippen LogP contribution in [0.3, 0.4) is 0 Å². The molecule has 1 saturated heterocycles. The molecular weight excluding hydrogens is 318 g/mol. The quantitative estimate of drug-likeness (QED) is 0.869. The van der Waals surface area contributed by atoms with Gasteiger partial charge >= 0.3 is 0 Å². The van der Waals surface area contributed by atoms with E-state index >= 15 is 0 Å². The molecule has 3 N–H and O–H groups in total. The van der Waals surface area contributed by atoms with Crippen LogP contribution >= 0.6 is 0 Å². The molecule has 1 atom stereocenters. The molecule has 2 heterocycles. The zero-order valence-corrected chi connectivity index (χ0v) is 15.2. The molecule has 0 spiro atoms. The third kappa shape index (κ3) is 4.14. The Morgan fingerprint density at radius 3 is 2.80 bits per heavy atom. The largest absolute Gasteiger partial charge is 0.479 e. The minimum Gasteiger partial charge on any atom is -0.479 e. The van der Waals surface area contributed by atoms with E-state index in [1.165, 1.54) is 0 Å². The maximum Gasteiger partial charge on any atom is 0.263 e. The van der Waals surface area contributed by atoms with E-state index < -0.39 is 6.10 Å². The molecule has 6 heteroatoms. The molecule has 1 unspecified atom stereocenters. The van der Waals surface area contributed by atoms with Crippen LogP contribution in [0.1, 0.15) is 26.3 Å². The van der Waals surface area contributed by atoms with E-state index in [0.29, 0.717) is 32.1 Å². The number of H-pyrrole nitrogens is 1. The molecule has 1 aliphatic rings. The van der Waals surface area contributed by atoms with Gasteiger partial charge in [0.2, 0.25) is 0 Å². The highest BCUT2D eigenvalue weighted by atomic mass is 16.5. The highest BCUT2D eigenvalue weighted by Crippen LogP contribution is 2.29. The molecule has 1 aromatic heterocycles. The van der Waals surface area contributed by atoms with E-state index in [2.05, 4.69) is 4.98 Å². The standard InChI is InChI=1S/C19H27N3O3/c1-13(18(23)22-7-9-24-10-8-22)25-16-6-4-5-15-14(11-19(2,3)20)12-21-17(15)16/h4-6,12-13,21H,7-11,20H2,1-3H3. The fourth-order valence-electron chi connectivity index (χ4n) is 3.20. The van der Waals surface area contributed by atoms with E-state index in [0.717, 1.165) is 22.9 Å². The number of para-hydroxylation sites is 1. The van der Waals surface area contributed by atoms with Gasteiger partial charge in [0.05, 0.1) is 18.7 Å². The van der Waals surface area contributed by atoms with Gasteiger partial charge in [-0.1, -0.05) is 12.1 Å². The van der Waals surface area contributed by atoms with Crippen molar-refractivity contribution in [2.45, 2.75) is 38.8 Å². The van der Waals surface area contributed by atoms with Crippen molar-refractivity contribution in [1.82, 2.24) is 9.88 Å². The number of benzene rings is 1. The van der Waals surface area contributed by atoms with E-state index in [1.54, 1.807) is 11.8 Å².